The number of nitrogens with zero attached hydrogens (tertiary/aromatic N) is 4. The second kappa shape index (κ2) is 7.94. The summed E-state index contributed by atoms with van der Waals surface area (Å²) in [5.41, 5.74) is 1.15. The molecule has 0 saturated heterocycles. The van der Waals surface area contributed by atoms with Crippen LogP contribution in [0.15, 0.2) is 64.4 Å². The number of hydrogen-bond acceptors (Lipinski definition) is 5. The first-order valence-electron chi connectivity index (χ1n) is 9.59. The molecule has 0 aliphatic carbocycles. The smallest absolute Gasteiger partial charge is 0.332 e. The third kappa shape index (κ3) is 3.97. The van der Waals surface area contributed by atoms with Crippen LogP contribution in [0.25, 0.3) is 11.2 Å². The molecule has 0 atom stereocenters. The number of rotatable bonds is 5. The van der Waals surface area contributed by atoms with E-state index in [0.29, 0.717) is 11.4 Å². The van der Waals surface area contributed by atoms with Gasteiger partial charge in [-0.2, -0.15) is 0 Å². The SMILES string of the molecule is Cc1cccc(Oc2ccc(NC(=O)Cn3cnc4c3c(=O)n(C)c(=O)n4C)cc2)c1. The maximum atomic E-state index is 12.5. The molecule has 0 aliphatic heterocycles. The molecule has 1 amide bonds. The number of imidazole rings is 1. The molecule has 4 rings (SSSR count). The Morgan fingerprint density at radius 1 is 1.03 bits per heavy atom. The van der Waals surface area contributed by atoms with Crippen LogP contribution >= 0.6 is 0 Å². The minimum Gasteiger partial charge on any atom is -0.457 e. The van der Waals surface area contributed by atoms with Crippen molar-refractivity contribution in [3.05, 3.63) is 81.3 Å². The van der Waals surface area contributed by atoms with Crippen LogP contribution < -0.4 is 21.3 Å². The molecule has 1 N–H and O–H groups in total. The van der Waals surface area contributed by atoms with Crippen LogP contribution in [0.4, 0.5) is 5.69 Å². The number of aryl methyl sites for hydroxylation is 2. The highest BCUT2D eigenvalue weighted by Gasteiger charge is 2.16. The number of aromatic nitrogens is 4. The molecule has 4 aromatic rings. The number of hydrogen-bond donors (Lipinski definition) is 1. The van der Waals surface area contributed by atoms with Crippen molar-refractivity contribution >= 4 is 22.8 Å². The molecule has 9 heteroatoms. The Labute approximate surface area is 177 Å². The summed E-state index contributed by atoms with van der Waals surface area (Å²) in [6.45, 7) is 1.87. The Bertz CT molecular complexity index is 1400. The number of amides is 1. The van der Waals surface area contributed by atoms with E-state index < -0.39 is 11.2 Å². The molecular weight excluding hydrogens is 398 g/mol. The molecular formula is C22H21N5O4. The van der Waals surface area contributed by atoms with Gasteiger partial charge in [0, 0.05) is 19.8 Å². The molecule has 0 radical (unpaired) electrons. The minimum atomic E-state index is -0.499. The maximum Gasteiger partial charge on any atom is 0.332 e. The number of carbonyl (C=O) groups is 1. The van der Waals surface area contributed by atoms with Crippen LogP contribution in [0.1, 0.15) is 5.56 Å². The molecule has 0 spiro atoms. The van der Waals surface area contributed by atoms with E-state index in [9.17, 15) is 14.4 Å². The van der Waals surface area contributed by atoms with E-state index in [1.54, 1.807) is 24.3 Å². The van der Waals surface area contributed by atoms with Gasteiger partial charge < -0.3 is 14.6 Å². The van der Waals surface area contributed by atoms with Gasteiger partial charge in [-0.25, -0.2) is 9.78 Å². The fraction of sp³-hybridized carbons (Fsp3) is 0.182. The van der Waals surface area contributed by atoms with E-state index in [-0.39, 0.29) is 23.6 Å². The zero-order valence-electron chi connectivity index (χ0n) is 17.3. The molecule has 2 heterocycles. The summed E-state index contributed by atoms with van der Waals surface area (Å²) < 4.78 is 9.51. The minimum absolute atomic E-state index is 0.120. The lowest BCUT2D eigenvalue weighted by molar-refractivity contribution is -0.116. The van der Waals surface area contributed by atoms with Crippen LogP contribution in [0.2, 0.25) is 0 Å². The Hall–Kier alpha value is -4.14. The Balaban J connectivity index is 1.48. The van der Waals surface area contributed by atoms with Crippen molar-refractivity contribution in [2.75, 3.05) is 5.32 Å². The molecule has 0 saturated carbocycles. The van der Waals surface area contributed by atoms with Gasteiger partial charge in [-0.1, -0.05) is 12.1 Å². The molecule has 0 unspecified atom stereocenters. The largest absolute Gasteiger partial charge is 0.457 e. The van der Waals surface area contributed by atoms with Crippen molar-refractivity contribution in [3.63, 3.8) is 0 Å². The average Bonchev–Trinajstić information content (AvgIpc) is 3.15. The standard InChI is InChI=1S/C22H21N5O4/c1-14-5-4-6-17(11-14)31-16-9-7-15(8-10-16)24-18(28)12-27-13-23-20-19(27)21(29)26(3)22(30)25(20)2/h4-11,13H,12H2,1-3H3,(H,24,28). The van der Waals surface area contributed by atoms with Crippen molar-refractivity contribution in [1.29, 1.82) is 0 Å². The summed E-state index contributed by atoms with van der Waals surface area (Å²) in [4.78, 5) is 41.1. The molecule has 158 valence electrons. The zero-order valence-corrected chi connectivity index (χ0v) is 17.3. The van der Waals surface area contributed by atoms with E-state index >= 15 is 0 Å². The maximum absolute atomic E-state index is 12.5. The van der Waals surface area contributed by atoms with E-state index in [1.165, 1.54) is 29.6 Å². The van der Waals surface area contributed by atoms with Crippen molar-refractivity contribution < 1.29 is 9.53 Å². The van der Waals surface area contributed by atoms with E-state index in [2.05, 4.69) is 10.3 Å². The molecule has 0 fully saturated rings. The van der Waals surface area contributed by atoms with Crippen LogP contribution in [0.5, 0.6) is 11.5 Å². The highest BCUT2D eigenvalue weighted by Crippen LogP contribution is 2.23. The second-order valence-corrected chi connectivity index (χ2v) is 7.24. The number of nitrogens with one attached hydrogen (secondary N) is 1. The topological polar surface area (TPSA) is 100 Å². The van der Waals surface area contributed by atoms with Crippen molar-refractivity contribution in [3.8, 4) is 11.5 Å². The first-order chi connectivity index (χ1) is 14.8. The fourth-order valence-electron chi connectivity index (χ4n) is 3.29. The van der Waals surface area contributed by atoms with Crippen molar-refractivity contribution in [2.45, 2.75) is 13.5 Å². The monoisotopic (exact) mass is 419 g/mol. The predicted octanol–water partition coefficient (Wildman–Crippen LogP) is 2.17. The number of carbonyl (C=O) groups excluding carboxylic acids is 1. The third-order valence-electron chi connectivity index (χ3n) is 4.89. The van der Waals surface area contributed by atoms with Gasteiger partial charge in [0.05, 0.1) is 6.33 Å². The van der Waals surface area contributed by atoms with Gasteiger partial charge in [0.2, 0.25) is 5.91 Å². The van der Waals surface area contributed by atoms with Gasteiger partial charge in [-0.3, -0.25) is 18.7 Å². The predicted molar refractivity (Wildman–Crippen MR) is 117 cm³/mol. The third-order valence-corrected chi connectivity index (χ3v) is 4.89. The molecule has 9 nitrogen and oxygen atoms in total. The normalized spacial score (nSPS) is 10.9. The summed E-state index contributed by atoms with van der Waals surface area (Å²) in [6.07, 6.45) is 1.38. The van der Waals surface area contributed by atoms with Gasteiger partial charge in [0.15, 0.2) is 11.2 Å². The summed E-state index contributed by atoms with van der Waals surface area (Å²) in [5.74, 6) is 1.05. The number of anilines is 1. The molecule has 31 heavy (non-hydrogen) atoms. The Kier molecular flexibility index (Phi) is 5.16. The van der Waals surface area contributed by atoms with Crippen LogP contribution in [0, 0.1) is 6.92 Å². The highest BCUT2D eigenvalue weighted by atomic mass is 16.5. The van der Waals surface area contributed by atoms with E-state index in [0.717, 1.165) is 15.9 Å². The van der Waals surface area contributed by atoms with Crippen LogP contribution in [0.3, 0.4) is 0 Å². The summed E-state index contributed by atoms with van der Waals surface area (Å²) >= 11 is 0. The molecule has 2 aromatic heterocycles. The van der Waals surface area contributed by atoms with Crippen molar-refractivity contribution in [2.24, 2.45) is 14.1 Å². The van der Waals surface area contributed by atoms with Gasteiger partial charge in [0.25, 0.3) is 5.56 Å². The lowest BCUT2D eigenvalue weighted by Crippen LogP contribution is -2.37. The lowest BCUT2D eigenvalue weighted by atomic mass is 10.2. The van der Waals surface area contributed by atoms with Crippen molar-refractivity contribution in [1.82, 2.24) is 18.7 Å². The number of benzene rings is 2. The summed E-state index contributed by atoms with van der Waals surface area (Å²) in [7, 11) is 2.92. The van der Waals surface area contributed by atoms with E-state index in [4.69, 9.17) is 4.74 Å². The second-order valence-electron chi connectivity index (χ2n) is 7.24. The number of ether oxygens (including phenoxy) is 1. The zero-order chi connectivity index (χ0) is 22.1. The summed E-state index contributed by atoms with van der Waals surface area (Å²) in [6, 6.07) is 14.7. The van der Waals surface area contributed by atoms with Crippen LogP contribution in [-0.4, -0.2) is 24.6 Å². The Morgan fingerprint density at radius 3 is 2.48 bits per heavy atom. The lowest BCUT2D eigenvalue weighted by Gasteiger charge is -2.09. The first-order valence-corrected chi connectivity index (χ1v) is 9.59. The molecule has 2 aromatic carbocycles. The molecule has 0 aliphatic rings. The number of fused-ring (bicyclic) bond motifs is 1. The summed E-state index contributed by atoms with van der Waals surface area (Å²) in [5, 5.41) is 2.78. The van der Waals surface area contributed by atoms with Gasteiger partial charge in [-0.05, 0) is 48.9 Å². The quantitative estimate of drug-likeness (QED) is 0.534. The van der Waals surface area contributed by atoms with E-state index in [1.807, 2.05) is 31.2 Å². The molecule has 0 bridgehead atoms. The highest BCUT2D eigenvalue weighted by molar-refractivity contribution is 5.91. The first kappa shape index (κ1) is 20.1. The fourth-order valence-corrected chi connectivity index (χ4v) is 3.29. The van der Waals surface area contributed by atoms with Gasteiger partial charge in [-0.15, -0.1) is 0 Å². The van der Waals surface area contributed by atoms with Gasteiger partial charge >= 0.3 is 5.69 Å². The van der Waals surface area contributed by atoms with Crippen LogP contribution in [-0.2, 0) is 25.4 Å². The average molecular weight is 419 g/mol. The van der Waals surface area contributed by atoms with Gasteiger partial charge in [0.1, 0.15) is 18.0 Å². The Morgan fingerprint density at radius 2 is 1.77 bits per heavy atom.